The first-order chi connectivity index (χ1) is 16.7. The summed E-state index contributed by atoms with van der Waals surface area (Å²) in [6.07, 6.45) is 1.00. The van der Waals surface area contributed by atoms with Crippen LogP contribution in [0.3, 0.4) is 0 Å². The first-order valence-corrected chi connectivity index (χ1v) is 21.3. The first kappa shape index (κ1) is 32.4. The average Bonchev–Trinajstić information content (AvgIpc) is 2.75. The molecule has 3 unspecified atom stereocenters. The first-order valence-electron chi connectivity index (χ1n) is 10.4. The number of hydrazone groups is 1. The molecular formula is C18H33N3O8P6S. The zero-order valence-electron chi connectivity index (χ0n) is 19.4. The van der Waals surface area contributed by atoms with Crippen LogP contribution in [0, 0.1) is 0 Å². The van der Waals surface area contributed by atoms with Crippen LogP contribution in [0.1, 0.15) is 11.1 Å². The van der Waals surface area contributed by atoms with Gasteiger partial charge >= 0.3 is 152 Å². The molecule has 0 saturated carbocycles. The molecule has 0 fully saturated rings. The van der Waals surface area contributed by atoms with Crippen molar-refractivity contribution < 1.29 is 38.4 Å². The normalized spacial score (nSPS) is 14.3. The molecule has 6 N–H and O–H groups in total. The van der Waals surface area contributed by atoms with Crippen molar-refractivity contribution in [2.24, 2.45) is 5.10 Å². The maximum absolute atomic E-state index is 9.33. The van der Waals surface area contributed by atoms with Crippen molar-refractivity contribution in [1.29, 1.82) is 0 Å². The Labute approximate surface area is 223 Å². The predicted octanol–water partition coefficient (Wildman–Crippen LogP) is 3.25. The van der Waals surface area contributed by atoms with Crippen LogP contribution in [0.15, 0.2) is 53.6 Å². The van der Waals surface area contributed by atoms with E-state index in [0.717, 1.165) is 16.9 Å². The quantitative estimate of drug-likeness (QED) is 0.0710. The van der Waals surface area contributed by atoms with Gasteiger partial charge in [0.25, 0.3) is 0 Å². The standard InChI is InChI=1S/C18H33N3O8P6S/c1-20(19-12-16-4-8-18(9-5-16)29-33(30)31)32(36)28-17-6-2-15(3-7-17)10-11-21(13-34(22,23)24)14-35(25,26)27/h2-9,12,22-27,34-36H,10-11,13-14,30-31H2,1H3/b19-12+. The molecule has 3 atom stereocenters. The van der Waals surface area contributed by atoms with Gasteiger partial charge in [-0.15, -0.1) is 0 Å². The van der Waals surface area contributed by atoms with Gasteiger partial charge in [0.15, 0.2) is 0 Å². The van der Waals surface area contributed by atoms with Crippen molar-refractivity contribution in [3.8, 4) is 11.5 Å². The number of nitrogens with zero attached hydrogens (tertiary/aromatic N) is 3. The van der Waals surface area contributed by atoms with E-state index in [1.54, 1.807) is 42.3 Å². The van der Waals surface area contributed by atoms with Gasteiger partial charge in [-0.05, 0) is 29.8 Å². The summed E-state index contributed by atoms with van der Waals surface area (Å²) in [4.78, 5) is 57.2. The van der Waals surface area contributed by atoms with Gasteiger partial charge in [-0.3, -0.25) is 0 Å². The molecule has 0 bridgehead atoms. The van der Waals surface area contributed by atoms with Crippen molar-refractivity contribution in [3.05, 3.63) is 59.7 Å². The third-order valence-corrected chi connectivity index (χ3v) is 9.20. The number of rotatable bonds is 14. The third kappa shape index (κ3) is 13.8. The summed E-state index contributed by atoms with van der Waals surface area (Å²) in [5, 5.41) is 4.38. The van der Waals surface area contributed by atoms with Gasteiger partial charge < -0.3 is 4.52 Å². The molecule has 11 nitrogen and oxygen atoms in total. The van der Waals surface area contributed by atoms with Gasteiger partial charge in [0.1, 0.15) is 13.3 Å². The molecule has 0 amide bonds. The van der Waals surface area contributed by atoms with Crippen molar-refractivity contribution in [2.45, 2.75) is 6.42 Å². The van der Waals surface area contributed by atoms with Gasteiger partial charge in [-0.1, -0.05) is 17.9 Å². The second-order valence-electron chi connectivity index (χ2n) is 7.75. The van der Waals surface area contributed by atoms with E-state index in [-0.39, 0.29) is 6.54 Å². The molecular weight excluding hydrogens is 604 g/mol. The van der Waals surface area contributed by atoms with Crippen molar-refractivity contribution in [2.75, 3.05) is 26.2 Å². The molecule has 0 aliphatic heterocycles. The zero-order valence-corrected chi connectivity index (χ0v) is 26.4. The second kappa shape index (κ2) is 15.1. The summed E-state index contributed by atoms with van der Waals surface area (Å²) in [6.45, 7) is 0.160. The molecule has 0 spiro atoms. The van der Waals surface area contributed by atoms with Crippen molar-refractivity contribution in [1.82, 2.24) is 9.68 Å². The molecule has 2 rings (SSSR count). The third-order valence-electron chi connectivity index (χ3n) is 4.41. The van der Waals surface area contributed by atoms with E-state index in [0.29, 0.717) is 12.2 Å². The Morgan fingerprint density at radius 1 is 0.889 bits per heavy atom. The minimum absolute atomic E-state index is 0.160. The van der Waals surface area contributed by atoms with Crippen LogP contribution in [0.5, 0.6) is 11.5 Å². The van der Waals surface area contributed by atoms with E-state index in [4.69, 9.17) is 9.05 Å². The van der Waals surface area contributed by atoms with E-state index < -0.39 is 43.5 Å². The Morgan fingerprint density at radius 2 is 1.39 bits per heavy atom. The van der Waals surface area contributed by atoms with Gasteiger partial charge in [0, 0.05) is 0 Å². The van der Waals surface area contributed by atoms with Crippen LogP contribution < -0.4 is 9.05 Å². The minimum atomic E-state index is -4.47. The molecule has 0 heterocycles. The van der Waals surface area contributed by atoms with Crippen LogP contribution in [0.25, 0.3) is 0 Å². The summed E-state index contributed by atoms with van der Waals surface area (Å²) in [7, 11) is -3.97. The monoisotopic (exact) mass is 637 g/mol. The summed E-state index contributed by atoms with van der Waals surface area (Å²) in [5.74, 6) is 1.36. The van der Waals surface area contributed by atoms with Crippen molar-refractivity contribution in [3.63, 3.8) is 0 Å². The van der Waals surface area contributed by atoms with E-state index in [9.17, 15) is 29.4 Å². The summed E-state index contributed by atoms with van der Waals surface area (Å²) in [5.41, 5.74) is 1.75. The van der Waals surface area contributed by atoms with E-state index in [1.807, 2.05) is 24.3 Å². The molecule has 2 aromatic carbocycles. The number of thiol groups is 1. The summed E-state index contributed by atoms with van der Waals surface area (Å²) < 4.78 is 13.1. The van der Waals surface area contributed by atoms with Gasteiger partial charge in [-0.2, -0.15) is 0 Å². The van der Waals surface area contributed by atoms with E-state index >= 15 is 0 Å². The maximum atomic E-state index is 9.33. The molecule has 0 aliphatic carbocycles. The molecule has 0 aliphatic rings. The molecule has 0 aromatic heterocycles. The Morgan fingerprint density at radius 3 is 1.89 bits per heavy atom. The molecule has 36 heavy (non-hydrogen) atoms. The molecule has 0 saturated heterocycles. The fourth-order valence-corrected chi connectivity index (χ4v) is 6.95. The van der Waals surface area contributed by atoms with Crippen LogP contribution in [0.2, 0.25) is 0 Å². The number of hydrogen-bond donors (Lipinski definition) is 7. The topological polar surface area (TPSA) is 159 Å². The van der Waals surface area contributed by atoms with Crippen molar-refractivity contribution >= 4 is 67.2 Å². The SMILES string of the molecule is CN(/N=C/c1ccc(OP(P)P)cc1)P(S)Oc1ccc(CCN(C[PH](O)(O)O)C[PH](O)(O)O)cc1. The molecule has 18 heteroatoms. The molecule has 0 radical (unpaired) electrons. The van der Waals surface area contributed by atoms with Gasteiger partial charge in [0.05, 0.1) is 6.21 Å². The van der Waals surface area contributed by atoms with Gasteiger partial charge in [-0.25, -0.2) is 0 Å². The van der Waals surface area contributed by atoms with E-state index in [1.165, 1.54) is 4.90 Å². The van der Waals surface area contributed by atoms with Gasteiger partial charge in [0.2, 0.25) is 0 Å². The van der Waals surface area contributed by atoms with Crippen LogP contribution >= 0.6 is 61.0 Å². The number of benzene rings is 2. The molecule has 204 valence electrons. The second-order valence-corrected chi connectivity index (χ2v) is 19.5. The zero-order chi connectivity index (χ0) is 26.9. The van der Waals surface area contributed by atoms with Crippen LogP contribution in [-0.2, 0) is 6.42 Å². The summed E-state index contributed by atoms with van der Waals surface area (Å²) in [6, 6.07) is 14.6. The fraction of sp³-hybridized carbons (Fsp3) is 0.278. The Kier molecular flexibility index (Phi) is 13.6. The van der Waals surface area contributed by atoms with Crippen LogP contribution in [0.4, 0.5) is 0 Å². The average molecular weight is 637 g/mol. The molecule has 2 aromatic rings. The predicted molar refractivity (Wildman–Crippen MR) is 162 cm³/mol. The van der Waals surface area contributed by atoms with Crippen LogP contribution in [-0.4, -0.2) is 71.4 Å². The Bertz CT molecular complexity index is 947. The van der Waals surface area contributed by atoms with E-state index in [2.05, 4.69) is 35.2 Å². The number of hydrogen-bond acceptors (Lipinski definition) is 12. The summed E-state index contributed by atoms with van der Waals surface area (Å²) >= 11 is 4.50. The Balaban J connectivity index is 1.88. The fourth-order valence-electron chi connectivity index (χ4n) is 2.90. The Hall–Kier alpha value is 0.160.